The van der Waals surface area contributed by atoms with Gasteiger partial charge in [0.2, 0.25) is 0 Å². The normalized spacial score (nSPS) is 18.4. The number of nitrogens with zero attached hydrogens (tertiary/aromatic N) is 2. The third kappa shape index (κ3) is 6.97. The molecule has 1 aliphatic heterocycles. The molecule has 0 aromatic heterocycles. The molecule has 1 fully saturated rings. The van der Waals surface area contributed by atoms with Crippen molar-refractivity contribution in [1.29, 1.82) is 0 Å². The summed E-state index contributed by atoms with van der Waals surface area (Å²) < 4.78 is 5.83. The van der Waals surface area contributed by atoms with Crippen molar-refractivity contribution in [2.24, 2.45) is 0 Å². The van der Waals surface area contributed by atoms with Gasteiger partial charge in [0.1, 0.15) is 11.5 Å². The number of aromatic hydroxyl groups is 1. The second kappa shape index (κ2) is 12.4. The molecule has 0 saturated carbocycles. The van der Waals surface area contributed by atoms with Crippen molar-refractivity contribution >= 4 is 11.7 Å². The maximum Gasteiger partial charge on any atom is 0.325 e. The Hall–Kier alpha value is -3.05. The number of piperazine rings is 1. The van der Waals surface area contributed by atoms with Crippen LogP contribution in [0.3, 0.4) is 0 Å². The van der Waals surface area contributed by atoms with Crippen LogP contribution in [0.15, 0.2) is 66.8 Å². The van der Waals surface area contributed by atoms with Crippen molar-refractivity contribution in [2.75, 3.05) is 37.6 Å². The van der Waals surface area contributed by atoms with Gasteiger partial charge in [0.15, 0.2) is 0 Å². The van der Waals surface area contributed by atoms with Crippen LogP contribution in [0.25, 0.3) is 0 Å². The molecule has 1 N–H and O–H groups in total. The van der Waals surface area contributed by atoms with Gasteiger partial charge in [0.05, 0.1) is 6.54 Å². The first-order valence-electron chi connectivity index (χ1n) is 12.2. The molecule has 1 aliphatic carbocycles. The Morgan fingerprint density at radius 1 is 1.15 bits per heavy atom. The van der Waals surface area contributed by atoms with Crippen molar-refractivity contribution < 1.29 is 14.6 Å². The van der Waals surface area contributed by atoms with Gasteiger partial charge in [-0.25, -0.2) is 0 Å². The molecule has 5 heteroatoms. The number of esters is 1. The highest BCUT2D eigenvalue weighted by Gasteiger charge is 2.25. The summed E-state index contributed by atoms with van der Waals surface area (Å²) in [6.07, 6.45) is 7.08. The molecule has 34 heavy (non-hydrogen) atoms. The summed E-state index contributed by atoms with van der Waals surface area (Å²) in [5.41, 5.74) is 4.18. The number of para-hydroxylation sites is 1. The molecule has 5 nitrogen and oxygen atoms in total. The lowest BCUT2D eigenvalue weighted by Crippen LogP contribution is -2.48. The van der Waals surface area contributed by atoms with E-state index in [1.165, 1.54) is 11.3 Å². The zero-order valence-corrected chi connectivity index (χ0v) is 20.8. The van der Waals surface area contributed by atoms with E-state index in [9.17, 15) is 9.90 Å². The average Bonchev–Trinajstić information content (AvgIpc) is 2.80. The molecule has 1 atom stereocenters. The minimum Gasteiger partial charge on any atom is -0.507 e. The van der Waals surface area contributed by atoms with E-state index in [0.29, 0.717) is 5.75 Å². The highest BCUT2D eigenvalue weighted by atomic mass is 16.5. The van der Waals surface area contributed by atoms with Gasteiger partial charge in [-0.05, 0) is 69.9 Å². The third-order valence-corrected chi connectivity index (χ3v) is 6.28. The van der Waals surface area contributed by atoms with Crippen LogP contribution >= 0.6 is 0 Å². The molecular weight excluding hydrogens is 424 g/mol. The molecule has 2 aromatic carbocycles. The predicted molar refractivity (Wildman–Crippen MR) is 140 cm³/mol. The summed E-state index contributed by atoms with van der Waals surface area (Å²) >= 11 is 0. The second-order valence-electron chi connectivity index (χ2n) is 9.19. The standard InChI is InChI=1S/C26H32N2O3.C3H6/c1-19-7-6-8-21(15-19)26-23(29)16-20(2)17-24(26)31-25(30)18-27-11-13-28(14-12-27)22-9-4-3-5-10-22;1-3-2/h3-5,9-10,15-17,21,29H,6-8,11-14,18H2,1-2H3;3H,1H2,2H3. The van der Waals surface area contributed by atoms with Gasteiger partial charge < -0.3 is 14.7 Å². The van der Waals surface area contributed by atoms with Gasteiger partial charge in [-0.3, -0.25) is 9.69 Å². The molecular formula is C29H38N2O3. The van der Waals surface area contributed by atoms with Crippen LogP contribution in [-0.2, 0) is 4.79 Å². The van der Waals surface area contributed by atoms with E-state index in [2.05, 4.69) is 53.6 Å². The van der Waals surface area contributed by atoms with Gasteiger partial charge in [0, 0.05) is 43.3 Å². The van der Waals surface area contributed by atoms with Gasteiger partial charge in [0.25, 0.3) is 0 Å². The highest BCUT2D eigenvalue weighted by molar-refractivity contribution is 5.75. The molecule has 2 aliphatic rings. The third-order valence-electron chi connectivity index (χ3n) is 6.28. The number of allylic oxidation sites excluding steroid dienone is 3. The minimum absolute atomic E-state index is 0.0894. The van der Waals surface area contributed by atoms with Crippen LogP contribution in [0.2, 0.25) is 0 Å². The lowest BCUT2D eigenvalue weighted by molar-refractivity contribution is -0.135. The molecule has 0 spiro atoms. The summed E-state index contributed by atoms with van der Waals surface area (Å²) in [7, 11) is 0. The Labute approximate surface area is 204 Å². The number of hydrogen-bond donors (Lipinski definition) is 1. The average molecular weight is 463 g/mol. The quantitative estimate of drug-likeness (QED) is 0.344. The van der Waals surface area contributed by atoms with Gasteiger partial charge in [-0.2, -0.15) is 0 Å². The minimum atomic E-state index is -0.268. The van der Waals surface area contributed by atoms with Crippen molar-refractivity contribution in [2.45, 2.75) is 46.0 Å². The van der Waals surface area contributed by atoms with E-state index in [1.807, 2.05) is 26.0 Å². The fourth-order valence-corrected chi connectivity index (χ4v) is 4.68. The topological polar surface area (TPSA) is 53.0 Å². The maximum absolute atomic E-state index is 12.8. The Kier molecular flexibility index (Phi) is 9.34. The summed E-state index contributed by atoms with van der Waals surface area (Å²) in [4.78, 5) is 17.3. The Balaban J connectivity index is 0.00000103. The van der Waals surface area contributed by atoms with Crippen LogP contribution in [-0.4, -0.2) is 48.7 Å². The van der Waals surface area contributed by atoms with E-state index >= 15 is 0 Å². The Morgan fingerprint density at radius 2 is 1.82 bits per heavy atom. The van der Waals surface area contributed by atoms with Crippen molar-refractivity contribution in [3.8, 4) is 11.5 Å². The maximum atomic E-state index is 12.8. The predicted octanol–water partition coefficient (Wildman–Crippen LogP) is 5.83. The van der Waals surface area contributed by atoms with Crippen LogP contribution in [0.5, 0.6) is 11.5 Å². The first-order chi connectivity index (χ1) is 16.4. The van der Waals surface area contributed by atoms with Crippen molar-refractivity contribution in [1.82, 2.24) is 4.90 Å². The first kappa shape index (κ1) is 25.6. The Bertz CT molecular complexity index is 992. The van der Waals surface area contributed by atoms with Crippen LogP contribution in [0.4, 0.5) is 5.69 Å². The number of phenols is 1. The number of carbonyl (C=O) groups excluding carboxylic acids is 1. The Morgan fingerprint density at radius 3 is 2.47 bits per heavy atom. The first-order valence-corrected chi connectivity index (χ1v) is 12.2. The summed E-state index contributed by atoms with van der Waals surface area (Å²) in [6, 6.07) is 14.0. The molecule has 1 heterocycles. The van der Waals surface area contributed by atoms with E-state index in [-0.39, 0.29) is 24.2 Å². The van der Waals surface area contributed by atoms with Gasteiger partial charge in [-0.1, -0.05) is 35.9 Å². The zero-order valence-electron chi connectivity index (χ0n) is 20.8. The second-order valence-corrected chi connectivity index (χ2v) is 9.19. The van der Waals surface area contributed by atoms with E-state index in [1.54, 1.807) is 12.1 Å². The van der Waals surface area contributed by atoms with E-state index in [4.69, 9.17) is 4.74 Å². The molecule has 4 rings (SSSR count). The molecule has 0 radical (unpaired) electrons. The van der Waals surface area contributed by atoms with Crippen LogP contribution in [0, 0.1) is 6.92 Å². The lowest BCUT2D eigenvalue weighted by atomic mass is 9.85. The smallest absolute Gasteiger partial charge is 0.325 e. The van der Waals surface area contributed by atoms with Crippen LogP contribution in [0.1, 0.15) is 50.2 Å². The number of phenolic OH excluding ortho intramolecular Hbond substituents is 1. The summed E-state index contributed by atoms with van der Waals surface area (Å²) in [5.74, 6) is 0.541. The number of benzene rings is 2. The number of ether oxygens (including phenoxy) is 1. The fourth-order valence-electron chi connectivity index (χ4n) is 4.68. The number of rotatable bonds is 5. The lowest BCUT2D eigenvalue weighted by Gasteiger charge is -2.35. The summed E-state index contributed by atoms with van der Waals surface area (Å²) in [6.45, 7) is 13.0. The molecule has 0 bridgehead atoms. The highest BCUT2D eigenvalue weighted by Crippen LogP contribution is 2.41. The molecule has 1 saturated heterocycles. The zero-order chi connectivity index (χ0) is 24.5. The number of carbonyl (C=O) groups is 1. The monoisotopic (exact) mass is 462 g/mol. The molecule has 1 unspecified atom stereocenters. The number of hydrogen-bond acceptors (Lipinski definition) is 5. The molecule has 0 amide bonds. The SMILES string of the molecule is C=CC.CC1=CC(c2c(O)cc(C)cc2OC(=O)CN2CCN(c3ccccc3)CC2)CCC1. The number of aryl methyl sites for hydroxylation is 1. The van der Waals surface area contributed by atoms with E-state index in [0.717, 1.165) is 56.6 Å². The number of anilines is 1. The van der Waals surface area contributed by atoms with Crippen molar-refractivity contribution in [3.63, 3.8) is 0 Å². The van der Waals surface area contributed by atoms with Gasteiger partial charge in [-0.15, -0.1) is 6.58 Å². The van der Waals surface area contributed by atoms with Gasteiger partial charge >= 0.3 is 5.97 Å². The largest absolute Gasteiger partial charge is 0.507 e. The fraction of sp³-hybridized carbons (Fsp3) is 0.414. The molecule has 182 valence electrons. The molecule has 2 aromatic rings. The van der Waals surface area contributed by atoms with Crippen molar-refractivity contribution in [3.05, 3.63) is 77.9 Å². The van der Waals surface area contributed by atoms with Crippen LogP contribution < -0.4 is 9.64 Å². The summed E-state index contributed by atoms with van der Waals surface area (Å²) in [5, 5.41) is 10.6. The van der Waals surface area contributed by atoms with E-state index < -0.39 is 0 Å².